The van der Waals surface area contributed by atoms with Crippen LogP contribution in [0.2, 0.25) is 0 Å². The maximum atomic E-state index is 5.01. The van der Waals surface area contributed by atoms with Gasteiger partial charge in [0, 0.05) is 22.3 Å². The Morgan fingerprint density at radius 3 is 2.53 bits per heavy atom. The fraction of sp³-hybridized carbons (Fsp3) is 0.0833. The molecule has 76 valence electrons. The van der Waals surface area contributed by atoms with Gasteiger partial charge in [0.05, 0.1) is 7.11 Å². The monoisotopic (exact) mass is 263 g/mol. The van der Waals surface area contributed by atoms with E-state index in [1.54, 1.807) is 13.3 Å². The van der Waals surface area contributed by atoms with Gasteiger partial charge in [0.15, 0.2) is 0 Å². The molecule has 2 nitrogen and oxygen atoms in total. The fourth-order valence-electron chi connectivity index (χ4n) is 1.36. The van der Waals surface area contributed by atoms with E-state index in [2.05, 4.69) is 20.9 Å². The summed E-state index contributed by atoms with van der Waals surface area (Å²) < 4.78 is 6.08. The van der Waals surface area contributed by atoms with E-state index in [1.165, 1.54) is 0 Å². The van der Waals surface area contributed by atoms with Gasteiger partial charge in [-0.25, -0.2) is 4.98 Å². The number of aromatic nitrogens is 1. The number of pyridine rings is 1. The number of halogens is 1. The van der Waals surface area contributed by atoms with Gasteiger partial charge < -0.3 is 4.74 Å². The van der Waals surface area contributed by atoms with Crippen molar-refractivity contribution >= 4 is 15.9 Å². The van der Waals surface area contributed by atoms with Gasteiger partial charge >= 0.3 is 0 Å². The van der Waals surface area contributed by atoms with Crippen molar-refractivity contribution in [1.29, 1.82) is 0 Å². The summed E-state index contributed by atoms with van der Waals surface area (Å²) in [6.45, 7) is 0. The smallest absolute Gasteiger partial charge is 0.212 e. The summed E-state index contributed by atoms with van der Waals surface area (Å²) in [5, 5.41) is 0. The van der Waals surface area contributed by atoms with E-state index in [-0.39, 0.29) is 0 Å². The van der Waals surface area contributed by atoms with Crippen molar-refractivity contribution in [2.75, 3.05) is 7.11 Å². The number of benzene rings is 1. The second-order valence-corrected chi connectivity index (χ2v) is 3.92. The first-order valence-electron chi connectivity index (χ1n) is 4.56. The van der Waals surface area contributed by atoms with Crippen LogP contribution in [0.4, 0.5) is 0 Å². The average molecular weight is 264 g/mol. The van der Waals surface area contributed by atoms with Crippen molar-refractivity contribution < 1.29 is 4.74 Å². The zero-order chi connectivity index (χ0) is 10.7. The van der Waals surface area contributed by atoms with E-state index >= 15 is 0 Å². The zero-order valence-electron chi connectivity index (χ0n) is 8.27. The molecule has 0 atom stereocenters. The van der Waals surface area contributed by atoms with Crippen molar-refractivity contribution in [3.05, 3.63) is 47.1 Å². The maximum Gasteiger partial charge on any atom is 0.212 e. The second kappa shape index (κ2) is 4.45. The average Bonchev–Trinajstić information content (AvgIpc) is 2.30. The van der Waals surface area contributed by atoms with Gasteiger partial charge in [0.1, 0.15) is 0 Å². The number of ether oxygens (including phenoxy) is 1. The minimum absolute atomic E-state index is 0.630. The van der Waals surface area contributed by atoms with Gasteiger partial charge in [-0.05, 0) is 17.7 Å². The van der Waals surface area contributed by atoms with Crippen LogP contribution in [-0.2, 0) is 0 Å². The minimum atomic E-state index is 0.630. The Kier molecular flexibility index (Phi) is 3.02. The Bertz CT molecular complexity index is 453. The van der Waals surface area contributed by atoms with Crippen LogP contribution in [0.3, 0.4) is 0 Å². The summed E-state index contributed by atoms with van der Waals surface area (Å²) in [4.78, 5) is 4.17. The standard InChI is InChI=1S/C12H10BrNO/c1-15-12-7-6-9(8-14-12)10-4-2-3-5-11(10)13/h2-8H,1H3. The van der Waals surface area contributed by atoms with Gasteiger partial charge in [0.25, 0.3) is 0 Å². The van der Waals surface area contributed by atoms with Crippen LogP contribution in [0.15, 0.2) is 47.1 Å². The molecule has 0 fully saturated rings. The Labute approximate surface area is 97.1 Å². The third kappa shape index (κ3) is 2.18. The topological polar surface area (TPSA) is 22.1 Å². The van der Waals surface area contributed by atoms with E-state index in [4.69, 9.17) is 4.74 Å². The zero-order valence-corrected chi connectivity index (χ0v) is 9.86. The first kappa shape index (κ1) is 10.2. The quantitative estimate of drug-likeness (QED) is 0.827. The summed E-state index contributed by atoms with van der Waals surface area (Å²) in [5.41, 5.74) is 2.20. The van der Waals surface area contributed by atoms with Crippen molar-refractivity contribution in [2.45, 2.75) is 0 Å². The molecule has 0 amide bonds. The number of rotatable bonds is 2. The molecule has 3 heteroatoms. The lowest BCUT2D eigenvalue weighted by atomic mass is 10.1. The van der Waals surface area contributed by atoms with Crippen LogP contribution >= 0.6 is 15.9 Å². The van der Waals surface area contributed by atoms with Crippen LogP contribution < -0.4 is 4.74 Å². The Morgan fingerprint density at radius 1 is 1.13 bits per heavy atom. The number of hydrogen-bond donors (Lipinski definition) is 0. The normalized spacial score (nSPS) is 10.0. The molecule has 0 saturated carbocycles. The van der Waals surface area contributed by atoms with E-state index in [1.807, 2.05) is 36.4 Å². The predicted octanol–water partition coefficient (Wildman–Crippen LogP) is 3.52. The molecule has 0 N–H and O–H groups in total. The fourth-order valence-corrected chi connectivity index (χ4v) is 1.87. The number of nitrogens with zero attached hydrogens (tertiary/aromatic N) is 1. The molecular formula is C12H10BrNO. The molecule has 0 bridgehead atoms. The summed E-state index contributed by atoms with van der Waals surface area (Å²) in [6, 6.07) is 11.9. The molecule has 0 saturated heterocycles. The van der Waals surface area contributed by atoms with E-state index in [0.29, 0.717) is 5.88 Å². The summed E-state index contributed by atoms with van der Waals surface area (Å²) in [7, 11) is 1.61. The van der Waals surface area contributed by atoms with E-state index in [9.17, 15) is 0 Å². The summed E-state index contributed by atoms with van der Waals surface area (Å²) in [6.07, 6.45) is 1.80. The molecule has 2 rings (SSSR count). The maximum absolute atomic E-state index is 5.01. The lowest BCUT2D eigenvalue weighted by Crippen LogP contribution is -1.87. The Hall–Kier alpha value is -1.35. The summed E-state index contributed by atoms with van der Waals surface area (Å²) in [5.74, 6) is 0.630. The van der Waals surface area contributed by atoms with Gasteiger partial charge in [-0.3, -0.25) is 0 Å². The van der Waals surface area contributed by atoms with Crippen LogP contribution in [-0.4, -0.2) is 12.1 Å². The molecule has 2 aromatic rings. The first-order valence-corrected chi connectivity index (χ1v) is 5.35. The minimum Gasteiger partial charge on any atom is -0.481 e. The highest BCUT2D eigenvalue weighted by atomic mass is 79.9. The molecular weight excluding hydrogens is 254 g/mol. The largest absolute Gasteiger partial charge is 0.481 e. The van der Waals surface area contributed by atoms with Gasteiger partial charge in [0.2, 0.25) is 5.88 Å². The van der Waals surface area contributed by atoms with Crippen LogP contribution in [0.1, 0.15) is 0 Å². The second-order valence-electron chi connectivity index (χ2n) is 3.07. The molecule has 0 aliphatic heterocycles. The molecule has 1 aromatic heterocycles. The highest BCUT2D eigenvalue weighted by molar-refractivity contribution is 9.10. The van der Waals surface area contributed by atoms with Crippen molar-refractivity contribution in [2.24, 2.45) is 0 Å². The van der Waals surface area contributed by atoms with Gasteiger partial charge in [-0.15, -0.1) is 0 Å². The molecule has 15 heavy (non-hydrogen) atoms. The van der Waals surface area contributed by atoms with Crippen molar-refractivity contribution in [3.63, 3.8) is 0 Å². The van der Waals surface area contributed by atoms with Crippen molar-refractivity contribution in [3.8, 4) is 17.0 Å². The molecule has 1 aromatic carbocycles. The first-order chi connectivity index (χ1) is 7.31. The lowest BCUT2D eigenvalue weighted by Gasteiger charge is -2.04. The van der Waals surface area contributed by atoms with Gasteiger partial charge in [-0.1, -0.05) is 34.1 Å². The highest BCUT2D eigenvalue weighted by Crippen LogP contribution is 2.27. The molecule has 0 aliphatic carbocycles. The third-order valence-corrected chi connectivity index (χ3v) is 2.82. The number of methoxy groups -OCH3 is 1. The predicted molar refractivity (Wildman–Crippen MR) is 63.9 cm³/mol. The van der Waals surface area contributed by atoms with E-state index < -0.39 is 0 Å². The summed E-state index contributed by atoms with van der Waals surface area (Å²) >= 11 is 3.51. The molecule has 0 aliphatic rings. The highest BCUT2D eigenvalue weighted by Gasteiger charge is 2.02. The van der Waals surface area contributed by atoms with Crippen LogP contribution in [0.25, 0.3) is 11.1 Å². The molecule has 1 heterocycles. The Morgan fingerprint density at radius 2 is 1.93 bits per heavy atom. The molecule has 0 unspecified atom stereocenters. The van der Waals surface area contributed by atoms with Crippen molar-refractivity contribution in [1.82, 2.24) is 4.98 Å². The molecule has 0 radical (unpaired) electrons. The SMILES string of the molecule is COc1ccc(-c2ccccc2Br)cn1. The van der Waals surface area contributed by atoms with Gasteiger partial charge in [-0.2, -0.15) is 0 Å². The Balaban J connectivity index is 2.42. The van der Waals surface area contributed by atoms with E-state index in [0.717, 1.165) is 15.6 Å². The molecule has 0 spiro atoms. The van der Waals surface area contributed by atoms with Crippen LogP contribution in [0.5, 0.6) is 5.88 Å². The lowest BCUT2D eigenvalue weighted by molar-refractivity contribution is 0.398. The third-order valence-electron chi connectivity index (χ3n) is 2.13. The van der Waals surface area contributed by atoms with Crippen LogP contribution in [0, 0.1) is 0 Å². The number of hydrogen-bond acceptors (Lipinski definition) is 2.